The largest absolute Gasteiger partial charge is 0.417 e. The number of Topliss-reactive ketones (excluding diaryl/α,β-unsaturated/α-hetero) is 1. The van der Waals surface area contributed by atoms with Gasteiger partial charge in [0, 0.05) is 11.6 Å². The Hall–Kier alpha value is -1.88. The summed E-state index contributed by atoms with van der Waals surface area (Å²) in [5, 5.41) is 3.16. The van der Waals surface area contributed by atoms with Crippen LogP contribution in [0.15, 0.2) is 27.4 Å². The van der Waals surface area contributed by atoms with Crippen molar-refractivity contribution in [3.05, 3.63) is 34.3 Å². The zero-order chi connectivity index (χ0) is 11.8. The number of rotatable bonds is 4. The maximum atomic E-state index is 11.8. The van der Waals surface area contributed by atoms with E-state index in [2.05, 4.69) is 10.3 Å². The number of aromatic nitrogens is 1. The third-order valence-electron chi connectivity index (χ3n) is 2.87. The summed E-state index contributed by atoms with van der Waals surface area (Å²) < 4.78 is 4.91. The Labute approximate surface area is 96.8 Å². The Morgan fingerprint density at radius 3 is 3.06 bits per heavy atom. The van der Waals surface area contributed by atoms with Crippen molar-refractivity contribution >= 4 is 16.9 Å². The molecule has 1 aliphatic carbocycles. The van der Waals surface area contributed by atoms with E-state index in [-0.39, 0.29) is 5.78 Å². The van der Waals surface area contributed by atoms with Crippen LogP contribution in [0, 0.1) is 0 Å². The van der Waals surface area contributed by atoms with Gasteiger partial charge < -0.3 is 9.73 Å². The van der Waals surface area contributed by atoms with Crippen LogP contribution in [-0.2, 0) is 0 Å². The fraction of sp³-hybridized carbons (Fsp3) is 0.333. The number of ketones is 1. The molecule has 0 unspecified atom stereocenters. The van der Waals surface area contributed by atoms with E-state index in [1.165, 1.54) is 0 Å². The zero-order valence-electron chi connectivity index (χ0n) is 9.16. The molecule has 0 amide bonds. The summed E-state index contributed by atoms with van der Waals surface area (Å²) in [6.45, 7) is 0.338. The molecule has 1 aliphatic rings. The van der Waals surface area contributed by atoms with E-state index in [4.69, 9.17) is 4.42 Å². The van der Waals surface area contributed by atoms with Gasteiger partial charge in [0.05, 0.1) is 12.1 Å². The van der Waals surface area contributed by atoms with E-state index in [9.17, 15) is 9.59 Å². The molecule has 0 saturated heterocycles. The standard InChI is InChI=1S/C12H12N2O3/c15-10(6-13-8-2-3-8)7-1-4-9-11(5-7)17-12(16)14-9/h1,4-5,8,13H,2-3,6H2,(H,14,16). The monoisotopic (exact) mass is 232 g/mol. The van der Waals surface area contributed by atoms with Gasteiger partial charge in [0.2, 0.25) is 0 Å². The highest BCUT2D eigenvalue weighted by atomic mass is 16.4. The minimum absolute atomic E-state index is 0.0163. The number of nitrogens with one attached hydrogen (secondary N) is 2. The molecule has 1 heterocycles. The van der Waals surface area contributed by atoms with Crippen LogP contribution >= 0.6 is 0 Å². The van der Waals surface area contributed by atoms with E-state index in [1.54, 1.807) is 18.2 Å². The quantitative estimate of drug-likeness (QED) is 0.773. The van der Waals surface area contributed by atoms with Crippen molar-refractivity contribution in [1.82, 2.24) is 10.3 Å². The number of oxazole rings is 1. The van der Waals surface area contributed by atoms with Crippen LogP contribution in [0.1, 0.15) is 23.2 Å². The molecule has 0 atom stereocenters. The first-order valence-electron chi connectivity index (χ1n) is 5.62. The van der Waals surface area contributed by atoms with Gasteiger partial charge in [-0.2, -0.15) is 0 Å². The molecule has 1 aromatic heterocycles. The second-order valence-corrected chi connectivity index (χ2v) is 4.30. The highest BCUT2D eigenvalue weighted by Crippen LogP contribution is 2.18. The van der Waals surface area contributed by atoms with Crippen LogP contribution in [0.25, 0.3) is 11.1 Å². The first kappa shape index (κ1) is 10.3. The number of fused-ring (bicyclic) bond motifs is 1. The van der Waals surface area contributed by atoms with Crippen LogP contribution < -0.4 is 11.1 Å². The first-order valence-corrected chi connectivity index (χ1v) is 5.62. The first-order chi connectivity index (χ1) is 8.22. The van der Waals surface area contributed by atoms with Gasteiger partial charge in [-0.25, -0.2) is 4.79 Å². The summed E-state index contributed by atoms with van der Waals surface area (Å²) in [4.78, 5) is 25.3. The normalized spacial score (nSPS) is 15.3. The summed E-state index contributed by atoms with van der Waals surface area (Å²) in [7, 11) is 0. The molecule has 0 spiro atoms. The maximum Gasteiger partial charge on any atom is 0.417 e. The lowest BCUT2D eigenvalue weighted by atomic mass is 10.1. The number of H-pyrrole nitrogens is 1. The lowest BCUT2D eigenvalue weighted by Gasteiger charge is -2.01. The van der Waals surface area contributed by atoms with Crippen LogP contribution in [0.5, 0.6) is 0 Å². The summed E-state index contributed by atoms with van der Waals surface area (Å²) in [5.41, 5.74) is 1.60. The van der Waals surface area contributed by atoms with Gasteiger partial charge in [0.15, 0.2) is 11.4 Å². The number of benzene rings is 1. The van der Waals surface area contributed by atoms with Crippen LogP contribution in [0.4, 0.5) is 0 Å². The highest BCUT2D eigenvalue weighted by Gasteiger charge is 2.21. The third kappa shape index (κ3) is 2.14. The van der Waals surface area contributed by atoms with Gasteiger partial charge in [-0.3, -0.25) is 9.78 Å². The molecule has 0 aliphatic heterocycles. The molecule has 88 valence electrons. The van der Waals surface area contributed by atoms with Crippen LogP contribution in [0.3, 0.4) is 0 Å². The molecule has 1 fully saturated rings. The Kier molecular flexibility index (Phi) is 2.33. The SMILES string of the molecule is O=C(CNC1CC1)c1ccc2[nH]c(=O)oc2c1. The maximum absolute atomic E-state index is 11.8. The summed E-state index contributed by atoms with van der Waals surface area (Å²) in [6, 6.07) is 5.49. The molecule has 2 aromatic rings. The third-order valence-corrected chi connectivity index (χ3v) is 2.87. The summed E-state index contributed by atoms with van der Waals surface area (Å²) in [6.07, 6.45) is 2.30. The highest BCUT2D eigenvalue weighted by molar-refractivity contribution is 5.99. The Balaban J connectivity index is 1.83. The predicted octanol–water partition coefficient (Wildman–Crippen LogP) is 1.06. The van der Waals surface area contributed by atoms with Crippen molar-refractivity contribution in [2.24, 2.45) is 0 Å². The lowest BCUT2D eigenvalue weighted by molar-refractivity contribution is 0.0990. The molecule has 0 radical (unpaired) electrons. The molecule has 0 bridgehead atoms. The minimum Gasteiger partial charge on any atom is -0.408 e. The molecule has 3 rings (SSSR count). The van der Waals surface area contributed by atoms with E-state index in [0.717, 1.165) is 12.8 Å². The van der Waals surface area contributed by atoms with E-state index < -0.39 is 5.76 Å². The summed E-state index contributed by atoms with van der Waals surface area (Å²) >= 11 is 0. The number of carbonyl (C=O) groups excluding carboxylic acids is 1. The minimum atomic E-state index is -0.499. The van der Waals surface area contributed by atoms with Crippen LogP contribution in [-0.4, -0.2) is 23.4 Å². The number of carbonyl (C=O) groups is 1. The zero-order valence-corrected chi connectivity index (χ0v) is 9.16. The molecule has 1 saturated carbocycles. The Bertz CT molecular complexity index is 622. The average Bonchev–Trinajstić information content (AvgIpc) is 3.06. The van der Waals surface area contributed by atoms with Crippen molar-refractivity contribution in [1.29, 1.82) is 0 Å². The molecule has 5 nitrogen and oxygen atoms in total. The lowest BCUT2D eigenvalue weighted by Crippen LogP contribution is -2.24. The Morgan fingerprint density at radius 1 is 1.47 bits per heavy atom. The van der Waals surface area contributed by atoms with Crippen LogP contribution in [0.2, 0.25) is 0 Å². The second kappa shape index (κ2) is 3.85. The van der Waals surface area contributed by atoms with E-state index >= 15 is 0 Å². The number of aromatic amines is 1. The van der Waals surface area contributed by atoms with Crippen molar-refractivity contribution < 1.29 is 9.21 Å². The predicted molar refractivity (Wildman–Crippen MR) is 62.2 cm³/mol. The molecule has 2 N–H and O–H groups in total. The van der Waals surface area contributed by atoms with Gasteiger partial charge in [-0.15, -0.1) is 0 Å². The smallest absolute Gasteiger partial charge is 0.408 e. The average molecular weight is 232 g/mol. The topological polar surface area (TPSA) is 75.1 Å². The van der Waals surface area contributed by atoms with Gasteiger partial charge in [-0.05, 0) is 31.0 Å². The molecule has 1 aromatic carbocycles. The summed E-state index contributed by atoms with van der Waals surface area (Å²) in [5.74, 6) is -0.483. The molecule has 17 heavy (non-hydrogen) atoms. The molecule has 5 heteroatoms. The van der Waals surface area contributed by atoms with Crippen molar-refractivity contribution in [3.8, 4) is 0 Å². The van der Waals surface area contributed by atoms with E-state index in [0.29, 0.717) is 29.2 Å². The number of hydrogen-bond donors (Lipinski definition) is 2. The fourth-order valence-electron chi connectivity index (χ4n) is 1.75. The van der Waals surface area contributed by atoms with Crippen molar-refractivity contribution in [2.75, 3.05) is 6.54 Å². The molecular weight excluding hydrogens is 220 g/mol. The Morgan fingerprint density at radius 2 is 2.29 bits per heavy atom. The van der Waals surface area contributed by atoms with E-state index in [1.807, 2.05) is 0 Å². The van der Waals surface area contributed by atoms with Crippen molar-refractivity contribution in [2.45, 2.75) is 18.9 Å². The number of hydrogen-bond acceptors (Lipinski definition) is 4. The second-order valence-electron chi connectivity index (χ2n) is 4.30. The molecular formula is C12H12N2O3. The fourth-order valence-corrected chi connectivity index (χ4v) is 1.75. The van der Waals surface area contributed by atoms with Gasteiger partial charge in [-0.1, -0.05) is 0 Å². The van der Waals surface area contributed by atoms with Gasteiger partial charge >= 0.3 is 5.76 Å². The van der Waals surface area contributed by atoms with Crippen molar-refractivity contribution in [3.63, 3.8) is 0 Å². The van der Waals surface area contributed by atoms with Gasteiger partial charge in [0.1, 0.15) is 0 Å². The van der Waals surface area contributed by atoms with Gasteiger partial charge in [0.25, 0.3) is 0 Å².